The smallest absolute Gasteiger partial charge is 0.0366 e. The van der Waals surface area contributed by atoms with Crippen molar-refractivity contribution in [2.24, 2.45) is 5.92 Å². The SMILES string of the molecule is CCN(CC1CCC2CCCCC2N1)c1ccc(C)cc1. The van der Waals surface area contributed by atoms with E-state index in [9.17, 15) is 0 Å². The Kier molecular flexibility index (Phi) is 4.84. The summed E-state index contributed by atoms with van der Waals surface area (Å²) in [5.41, 5.74) is 2.71. The van der Waals surface area contributed by atoms with E-state index in [-0.39, 0.29) is 0 Å². The second kappa shape index (κ2) is 6.83. The van der Waals surface area contributed by atoms with Crippen LogP contribution in [0.3, 0.4) is 0 Å². The highest BCUT2D eigenvalue weighted by molar-refractivity contribution is 5.47. The van der Waals surface area contributed by atoms with Crippen LogP contribution in [0, 0.1) is 12.8 Å². The van der Waals surface area contributed by atoms with Crippen LogP contribution < -0.4 is 10.2 Å². The standard InChI is InChI=1S/C19H30N2/c1-3-21(18-12-8-15(2)9-13-18)14-17-11-10-16-6-4-5-7-19(16)20-17/h8-9,12-13,16-17,19-20H,3-7,10-11,14H2,1-2H3. The summed E-state index contributed by atoms with van der Waals surface area (Å²) in [6.45, 7) is 6.68. The summed E-state index contributed by atoms with van der Waals surface area (Å²) in [6, 6.07) is 10.5. The minimum atomic E-state index is 0.672. The van der Waals surface area contributed by atoms with E-state index in [2.05, 4.69) is 48.3 Å². The molecule has 3 unspecified atom stereocenters. The first-order chi connectivity index (χ1) is 10.3. The molecule has 1 N–H and O–H groups in total. The Morgan fingerprint density at radius 1 is 1.05 bits per heavy atom. The van der Waals surface area contributed by atoms with Crippen LogP contribution >= 0.6 is 0 Å². The zero-order valence-corrected chi connectivity index (χ0v) is 13.6. The van der Waals surface area contributed by atoms with Crippen LogP contribution in [0.15, 0.2) is 24.3 Å². The summed E-state index contributed by atoms with van der Waals surface area (Å²) < 4.78 is 0. The van der Waals surface area contributed by atoms with Crippen molar-refractivity contribution in [2.45, 2.75) is 64.5 Å². The number of nitrogens with one attached hydrogen (secondary N) is 1. The summed E-state index contributed by atoms with van der Waals surface area (Å²) in [7, 11) is 0. The van der Waals surface area contributed by atoms with Gasteiger partial charge in [-0.25, -0.2) is 0 Å². The van der Waals surface area contributed by atoms with Crippen molar-refractivity contribution in [1.29, 1.82) is 0 Å². The van der Waals surface area contributed by atoms with Gasteiger partial charge in [-0.2, -0.15) is 0 Å². The Balaban J connectivity index is 1.60. The lowest BCUT2D eigenvalue weighted by Gasteiger charge is -2.42. The third-order valence-electron chi connectivity index (χ3n) is 5.47. The van der Waals surface area contributed by atoms with Crippen molar-refractivity contribution in [2.75, 3.05) is 18.0 Å². The topological polar surface area (TPSA) is 15.3 Å². The van der Waals surface area contributed by atoms with Crippen LogP contribution in [-0.4, -0.2) is 25.2 Å². The third kappa shape index (κ3) is 3.60. The fourth-order valence-corrected chi connectivity index (χ4v) is 4.16. The molecule has 1 aromatic rings. The van der Waals surface area contributed by atoms with Gasteiger partial charge in [0, 0.05) is 30.9 Å². The first-order valence-electron chi connectivity index (χ1n) is 8.84. The van der Waals surface area contributed by atoms with Crippen LogP contribution in [0.1, 0.15) is 51.0 Å². The molecule has 2 nitrogen and oxygen atoms in total. The van der Waals surface area contributed by atoms with Gasteiger partial charge in [-0.1, -0.05) is 30.5 Å². The lowest BCUT2D eigenvalue weighted by molar-refractivity contribution is 0.177. The van der Waals surface area contributed by atoms with Gasteiger partial charge in [-0.05, 0) is 57.6 Å². The molecule has 1 heterocycles. The molecule has 1 saturated heterocycles. The summed E-state index contributed by atoms with van der Waals surface area (Å²) in [5, 5.41) is 3.96. The van der Waals surface area contributed by atoms with Crippen molar-refractivity contribution in [3.05, 3.63) is 29.8 Å². The molecule has 0 aromatic heterocycles. The number of hydrogen-bond donors (Lipinski definition) is 1. The zero-order valence-electron chi connectivity index (χ0n) is 13.6. The Hall–Kier alpha value is -1.02. The molecular formula is C19H30N2. The van der Waals surface area contributed by atoms with Crippen LogP contribution in [0.5, 0.6) is 0 Å². The highest BCUT2D eigenvalue weighted by Crippen LogP contribution is 2.32. The average molecular weight is 286 g/mol. The maximum atomic E-state index is 3.96. The molecule has 21 heavy (non-hydrogen) atoms. The van der Waals surface area contributed by atoms with Gasteiger partial charge in [0.05, 0.1) is 0 Å². The molecule has 0 spiro atoms. The van der Waals surface area contributed by atoms with Crippen LogP contribution in [0.4, 0.5) is 5.69 Å². The number of anilines is 1. The minimum Gasteiger partial charge on any atom is -0.370 e. The molecule has 0 radical (unpaired) electrons. The van der Waals surface area contributed by atoms with Gasteiger partial charge in [0.25, 0.3) is 0 Å². The van der Waals surface area contributed by atoms with Crippen molar-refractivity contribution < 1.29 is 0 Å². The lowest BCUT2D eigenvalue weighted by atomic mass is 9.77. The molecule has 3 atom stereocenters. The van der Waals surface area contributed by atoms with Gasteiger partial charge in [-0.15, -0.1) is 0 Å². The number of rotatable bonds is 4. The number of aryl methyl sites for hydroxylation is 1. The quantitative estimate of drug-likeness (QED) is 0.895. The van der Waals surface area contributed by atoms with E-state index < -0.39 is 0 Å². The third-order valence-corrected chi connectivity index (χ3v) is 5.47. The molecule has 3 rings (SSSR count). The molecule has 1 aliphatic carbocycles. The van der Waals surface area contributed by atoms with Gasteiger partial charge in [0.1, 0.15) is 0 Å². The first kappa shape index (κ1) is 14.9. The molecule has 1 aromatic carbocycles. The van der Waals surface area contributed by atoms with Crippen molar-refractivity contribution >= 4 is 5.69 Å². The molecule has 1 saturated carbocycles. The molecular weight excluding hydrogens is 256 g/mol. The number of likely N-dealkylation sites (N-methyl/N-ethyl adjacent to an activating group) is 1. The van der Waals surface area contributed by atoms with E-state index >= 15 is 0 Å². The van der Waals surface area contributed by atoms with Crippen molar-refractivity contribution in [3.8, 4) is 0 Å². The normalized spacial score (nSPS) is 29.0. The lowest BCUT2D eigenvalue weighted by Crippen LogP contribution is -2.53. The minimum absolute atomic E-state index is 0.672. The number of piperidine rings is 1. The first-order valence-corrected chi connectivity index (χ1v) is 8.84. The number of hydrogen-bond acceptors (Lipinski definition) is 2. The Bertz CT molecular complexity index is 439. The second-order valence-corrected chi connectivity index (χ2v) is 6.97. The summed E-state index contributed by atoms with van der Waals surface area (Å²) in [6.07, 6.45) is 8.53. The molecule has 0 bridgehead atoms. The second-order valence-electron chi connectivity index (χ2n) is 6.97. The molecule has 1 aliphatic heterocycles. The zero-order chi connectivity index (χ0) is 14.7. The van der Waals surface area contributed by atoms with E-state index in [0.717, 1.165) is 25.0 Å². The van der Waals surface area contributed by atoms with E-state index in [4.69, 9.17) is 0 Å². The summed E-state index contributed by atoms with van der Waals surface area (Å²) in [4.78, 5) is 2.53. The fourth-order valence-electron chi connectivity index (χ4n) is 4.16. The van der Waals surface area contributed by atoms with Gasteiger partial charge < -0.3 is 10.2 Å². The Morgan fingerprint density at radius 2 is 1.81 bits per heavy atom. The van der Waals surface area contributed by atoms with E-state index in [1.165, 1.54) is 49.8 Å². The van der Waals surface area contributed by atoms with E-state index in [0.29, 0.717) is 6.04 Å². The van der Waals surface area contributed by atoms with Gasteiger partial charge >= 0.3 is 0 Å². The largest absolute Gasteiger partial charge is 0.370 e. The Morgan fingerprint density at radius 3 is 2.57 bits per heavy atom. The highest BCUT2D eigenvalue weighted by atomic mass is 15.2. The maximum Gasteiger partial charge on any atom is 0.0366 e. The van der Waals surface area contributed by atoms with Gasteiger partial charge in [0.15, 0.2) is 0 Å². The maximum absolute atomic E-state index is 3.96. The van der Waals surface area contributed by atoms with Crippen LogP contribution in [0.2, 0.25) is 0 Å². The van der Waals surface area contributed by atoms with Gasteiger partial charge in [0.2, 0.25) is 0 Å². The van der Waals surface area contributed by atoms with Crippen molar-refractivity contribution in [1.82, 2.24) is 5.32 Å². The fraction of sp³-hybridized carbons (Fsp3) is 0.684. The number of benzene rings is 1. The molecule has 2 heteroatoms. The monoisotopic (exact) mass is 286 g/mol. The number of nitrogens with zero attached hydrogens (tertiary/aromatic N) is 1. The van der Waals surface area contributed by atoms with E-state index in [1.54, 1.807) is 0 Å². The van der Waals surface area contributed by atoms with Crippen molar-refractivity contribution in [3.63, 3.8) is 0 Å². The van der Waals surface area contributed by atoms with E-state index in [1.807, 2.05) is 0 Å². The highest BCUT2D eigenvalue weighted by Gasteiger charge is 2.32. The number of fused-ring (bicyclic) bond motifs is 1. The summed E-state index contributed by atoms with van der Waals surface area (Å²) in [5.74, 6) is 0.962. The van der Waals surface area contributed by atoms with Crippen LogP contribution in [-0.2, 0) is 0 Å². The average Bonchev–Trinajstić information content (AvgIpc) is 2.53. The molecule has 2 aliphatic rings. The molecule has 2 fully saturated rings. The van der Waals surface area contributed by atoms with Crippen LogP contribution in [0.25, 0.3) is 0 Å². The predicted molar refractivity (Wildman–Crippen MR) is 91.0 cm³/mol. The van der Waals surface area contributed by atoms with Gasteiger partial charge in [-0.3, -0.25) is 0 Å². The predicted octanol–water partition coefficient (Wildman–Crippen LogP) is 4.13. The molecule has 0 amide bonds. The summed E-state index contributed by atoms with van der Waals surface area (Å²) >= 11 is 0. The molecule has 116 valence electrons. The Labute approximate surface area is 129 Å².